The third-order valence-corrected chi connectivity index (χ3v) is 8.72. The predicted octanol–water partition coefficient (Wildman–Crippen LogP) is 4.99. The van der Waals surface area contributed by atoms with E-state index in [9.17, 15) is 4.79 Å². The largest absolute Gasteiger partial charge is 0.338 e. The normalized spacial score (nSPS) is 16.8. The highest BCUT2D eigenvalue weighted by Gasteiger charge is 2.54. The van der Waals surface area contributed by atoms with Gasteiger partial charge in [0.05, 0.1) is 34.7 Å². The number of hydrogen-bond acceptors (Lipinski definition) is 5. The first-order valence-electron chi connectivity index (χ1n) is 12.7. The maximum absolute atomic E-state index is 12.0. The van der Waals surface area contributed by atoms with Crippen molar-refractivity contribution in [2.75, 3.05) is 13.1 Å². The number of amides is 1. The topological polar surface area (TPSA) is 97.5 Å². The lowest BCUT2D eigenvalue weighted by atomic mass is 9.60. The average Bonchev–Trinajstić information content (AvgIpc) is 3.54. The molecule has 1 amide bonds. The van der Waals surface area contributed by atoms with Crippen LogP contribution in [0.2, 0.25) is 5.02 Å². The monoisotopic (exact) mass is 526 g/mol. The van der Waals surface area contributed by atoms with Gasteiger partial charge in [-0.25, -0.2) is 0 Å². The average molecular weight is 527 g/mol. The van der Waals surface area contributed by atoms with E-state index in [2.05, 4.69) is 33.5 Å². The van der Waals surface area contributed by atoms with Crippen LogP contribution in [0.1, 0.15) is 30.1 Å². The standard InChI is InChI=1S/C28H27ClN8O/c1-5-23(38)36-13-28(14-36)8-18(9-28)37-16(3)24(25-19-10-31-32-20(19)6-15(2)26(25)29)27(34-37)21-7-17-12-35(4)33-22(17)11-30-21/h5-7,10-12,18H,1,8-9,13-14H2,2-4H3,(H,31,32). The van der Waals surface area contributed by atoms with Gasteiger partial charge in [0.1, 0.15) is 11.2 Å². The molecule has 38 heavy (non-hydrogen) atoms. The fraction of sp³-hybridized carbons (Fsp3) is 0.321. The number of likely N-dealkylation sites (tertiary alicyclic amines) is 1. The lowest BCUT2D eigenvalue weighted by molar-refractivity contribution is -0.149. The Morgan fingerprint density at radius 3 is 2.74 bits per heavy atom. The van der Waals surface area contributed by atoms with Crippen molar-refractivity contribution < 1.29 is 4.79 Å². The van der Waals surface area contributed by atoms with Gasteiger partial charge in [-0.2, -0.15) is 15.3 Å². The number of halogens is 1. The molecule has 7 rings (SSSR count). The van der Waals surface area contributed by atoms with Crippen molar-refractivity contribution in [2.24, 2.45) is 12.5 Å². The van der Waals surface area contributed by atoms with Gasteiger partial charge in [0, 0.05) is 59.3 Å². The minimum absolute atomic E-state index is 0.00834. The molecule has 1 aromatic carbocycles. The molecule has 192 valence electrons. The number of rotatable bonds is 4. The third kappa shape index (κ3) is 3.27. The highest BCUT2D eigenvalue weighted by atomic mass is 35.5. The summed E-state index contributed by atoms with van der Waals surface area (Å²) in [6.45, 7) is 9.30. The van der Waals surface area contributed by atoms with Crippen LogP contribution in [0.3, 0.4) is 0 Å². The Kier molecular flexibility index (Phi) is 4.88. The van der Waals surface area contributed by atoms with E-state index in [1.54, 1.807) is 10.9 Å². The van der Waals surface area contributed by atoms with E-state index >= 15 is 0 Å². The summed E-state index contributed by atoms with van der Waals surface area (Å²) in [6.07, 6.45) is 8.96. The maximum atomic E-state index is 12.0. The van der Waals surface area contributed by atoms with E-state index in [1.165, 1.54) is 6.08 Å². The van der Waals surface area contributed by atoms with Crippen LogP contribution >= 0.6 is 11.6 Å². The third-order valence-electron chi connectivity index (χ3n) is 8.23. The molecule has 0 bridgehead atoms. The Morgan fingerprint density at radius 2 is 1.97 bits per heavy atom. The summed E-state index contributed by atoms with van der Waals surface area (Å²) in [5.41, 5.74) is 7.41. The molecule has 9 nitrogen and oxygen atoms in total. The number of hydrogen-bond donors (Lipinski definition) is 1. The predicted molar refractivity (Wildman–Crippen MR) is 147 cm³/mol. The fourth-order valence-electron chi connectivity index (χ4n) is 6.40. The summed E-state index contributed by atoms with van der Waals surface area (Å²) >= 11 is 7.01. The molecule has 0 unspecified atom stereocenters. The van der Waals surface area contributed by atoms with Gasteiger partial charge in [-0.3, -0.25) is 24.2 Å². The van der Waals surface area contributed by atoms with E-state index in [0.717, 1.165) is 81.5 Å². The highest BCUT2D eigenvalue weighted by Crippen LogP contribution is 2.55. The SMILES string of the molecule is C=CC(=O)N1CC2(CC(n3nc(-c4cc5cn(C)nc5cn4)c(-c4c(Cl)c(C)cc5[nH]ncc45)c3C)C2)C1. The number of aromatic nitrogens is 7. The van der Waals surface area contributed by atoms with Crippen molar-refractivity contribution in [3.63, 3.8) is 0 Å². The van der Waals surface area contributed by atoms with Crippen LogP contribution in [-0.2, 0) is 11.8 Å². The molecule has 10 heteroatoms. The van der Waals surface area contributed by atoms with Gasteiger partial charge in [0.15, 0.2) is 0 Å². The van der Waals surface area contributed by atoms with Crippen molar-refractivity contribution in [1.29, 1.82) is 0 Å². The number of carbonyl (C=O) groups excluding carboxylic acids is 1. The second kappa shape index (κ2) is 8.01. The Hall–Kier alpha value is -3.98. The van der Waals surface area contributed by atoms with E-state index in [0.29, 0.717) is 5.02 Å². The second-order valence-corrected chi connectivity index (χ2v) is 11.2. The first-order valence-corrected chi connectivity index (χ1v) is 13.1. The summed E-state index contributed by atoms with van der Waals surface area (Å²) in [4.78, 5) is 18.6. The molecule has 1 spiro atoms. The first kappa shape index (κ1) is 23.2. The van der Waals surface area contributed by atoms with Crippen molar-refractivity contribution in [3.05, 3.63) is 59.7 Å². The van der Waals surface area contributed by atoms with Crippen molar-refractivity contribution in [2.45, 2.75) is 32.7 Å². The van der Waals surface area contributed by atoms with E-state index in [-0.39, 0.29) is 17.4 Å². The number of nitrogens with zero attached hydrogens (tertiary/aromatic N) is 7. The first-order chi connectivity index (χ1) is 18.3. The number of pyridine rings is 1. The van der Waals surface area contributed by atoms with E-state index < -0.39 is 0 Å². The summed E-state index contributed by atoms with van der Waals surface area (Å²) < 4.78 is 3.94. The van der Waals surface area contributed by atoms with E-state index in [1.807, 2.05) is 43.4 Å². The summed E-state index contributed by atoms with van der Waals surface area (Å²) in [5.74, 6) is 0.00834. The Bertz CT molecular complexity index is 1780. The molecule has 1 saturated heterocycles. The maximum Gasteiger partial charge on any atom is 0.245 e. The quantitative estimate of drug-likeness (QED) is 0.332. The Labute approximate surface area is 224 Å². The van der Waals surface area contributed by atoms with Gasteiger partial charge in [-0.15, -0.1) is 0 Å². The molecule has 0 radical (unpaired) electrons. The summed E-state index contributed by atoms with van der Waals surface area (Å²) in [6, 6.07) is 4.31. The van der Waals surface area contributed by atoms with Crippen molar-refractivity contribution in [3.8, 4) is 22.5 Å². The molecule has 1 aliphatic heterocycles. The molecular weight excluding hydrogens is 500 g/mol. The van der Waals surface area contributed by atoms with Crippen LogP contribution in [-0.4, -0.2) is 58.6 Å². The van der Waals surface area contributed by atoms with Gasteiger partial charge < -0.3 is 4.90 Å². The molecule has 5 heterocycles. The number of aromatic amines is 1. The number of nitrogens with one attached hydrogen (secondary N) is 1. The molecule has 2 fully saturated rings. The van der Waals surface area contributed by atoms with Crippen LogP contribution < -0.4 is 0 Å². The number of H-pyrrole nitrogens is 1. The van der Waals surface area contributed by atoms with Gasteiger partial charge in [-0.05, 0) is 50.5 Å². The molecule has 4 aromatic heterocycles. The van der Waals surface area contributed by atoms with Crippen LogP contribution in [0, 0.1) is 19.3 Å². The Balaban J connectivity index is 1.36. The van der Waals surface area contributed by atoms with Gasteiger partial charge in [0.25, 0.3) is 0 Å². The zero-order valence-corrected chi connectivity index (χ0v) is 22.2. The zero-order chi connectivity index (χ0) is 26.3. The highest BCUT2D eigenvalue weighted by molar-refractivity contribution is 6.36. The van der Waals surface area contributed by atoms with Crippen LogP contribution in [0.25, 0.3) is 44.3 Å². The Morgan fingerprint density at radius 1 is 1.18 bits per heavy atom. The molecule has 2 aliphatic rings. The molecule has 0 atom stereocenters. The summed E-state index contributed by atoms with van der Waals surface area (Å²) in [5, 5.41) is 19.7. The number of benzene rings is 1. The molecule has 1 N–H and O–H groups in total. The molecule has 5 aromatic rings. The lowest BCUT2D eigenvalue weighted by Crippen LogP contribution is -2.63. The summed E-state index contributed by atoms with van der Waals surface area (Å²) in [7, 11) is 1.91. The van der Waals surface area contributed by atoms with Crippen molar-refractivity contribution >= 4 is 39.3 Å². The van der Waals surface area contributed by atoms with Crippen LogP contribution in [0.5, 0.6) is 0 Å². The smallest absolute Gasteiger partial charge is 0.245 e. The number of aryl methyl sites for hydroxylation is 2. The van der Waals surface area contributed by atoms with Gasteiger partial charge in [0.2, 0.25) is 5.91 Å². The number of fused-ring (bicyclic) bond motifs is 2. The van der Waals surface area contributed by atoms with Gasteiger partial charge >= 0.3 is 0 Å². The molecule has 1 aliphatic carbocycles. The fourth-order valence-corrected chi connectivity index (χ4v) is 6.65. The minimum Gasteiger partial charge on any atom is -0.338 e. The van der Waals surface area contributed by atoms with Gasteiger partial charge in [-0.1, -0.05) is 18.2 Å². The lowest BCUT2D eigenvalue weighted by Gasteiger charge is -2.58. The molecule has 1 saturated carbocycles. The number of carbonyl (C=O) groups is 1. The molecular formula is C28H27ClN8O. The minimum atomic E-state index is 0.00834. The second-order valence-electron chi connectivity index (χ2n) is 10.9. The van der Waals surface area contributed by atoms with Crippen LogP contribution in [0.15, 0.2) is 43.4 Å². The van der Waals surface area contributed by atoms with Crippen molar-refractivity contribution in [1.82, 2.24) is 39.6 Å². The van der Waals surface area contributed by atoms with Crippen LogP contribution in [0.4, 0.5) is 0 Å². The van der Waals surface area contributed by atoms with E-state index in [4.69, 9.17) is 21.7 Å². The zero-order valence-electron chi connectivity index (χ0n) is 21.5.